The van der Waals surface area contributed by atoms with Crippen LogP contribution in [-0.2, 0) is 4.79 Å². The predicted molar refractivity (Wildman–Crippen MR) is 85.2 cm³/mol. The third-order valence-corrected chi connectivity index (χ3v) is 5.41. The molecule has 2 aliphatic carbocycles. The highest BCUT2D eigenvalue weighted by Gasteiger charge is 2.42. The van der Waals surface area contributed by atoms with Gasteiger partial charge in [0.25, 0.3) is 0 Å². The summed E-state index contributed by atoms with van der Waals surface area (Å²) in [7, 11) is 0. The monoisotopic (exact) mass is 296 g/mol. The zero-order valence-corrected chi connectivity index (χ0v) is 13.7. The van der Waals surface area contributed by atoms with Crippen molar-refractivity contribution in [3.8, 4) is 0 Å². The van der Waals surface area contributed by atoms with E-state index >= 15 is 0 Å². The van der Waals surface area contributed by atoms with Crippen LogP contribution in [0.15, 0.2) is 0 Å². The molecule has 2 fully saturated rings. The van der Waals surface area contributed by atoms with Crippen molar-refractivity contribution in [2.45, 2.75) is 89.3 Å². The molecule has 0 aromatic carbocycles. The third-order valence-electron chi connectivity index (χ3n) is 5.41. The van der Waals surface area contributed by atoms with Gasteiger partial charge in [0.05, 0.1) is 0 Å². The number of rotatable bonds is 6. The van der Waals surface area contributed by atoms with Crippen molar-refractivity contribution < 1.29 is 9.90 Å². The van der Waals surface area contributed by atoms with Crippen LogP contribution in [0.25, 0.3) is 0 Å². The van der Waals surface area contributed by atoms with E-state index in [0.717, 1.165) is 19.4 Å². The summed E-state index contributed by atoms with van der Waals surface area (Å²) in [5.74, 6) is -0.123. The minimum absolute atomic E-state index is 0.363. The summed E-state index contributed by atoms with van der Waals surface area (Å²) >= 11 is 0. The number of carboxylic acid groups (broad SMARTS) is 1. The van der Waals surface area contributed by atoms with Crippen molar-refractivity contribution in [1.82, 2.24) is 4.90 Å². The third kappa shape index (κ3) is 4.19. The summed E-state index contributed by atoms with van der Waals surface area (Å²) < 4.78 is 0. The molecule has 0 bridgehead atoms. The summed E-state index contributed by atoms with van der Waals surface area (Å²) in [6.07, 6.45) is 9.69. The summed E-state index contributed by atoms with van der Waals surface area (Å²) in [4.78, 5) is 14.1. The summed E-state index contributed by atoms with van der Waals surface area (Å²) in [6, 6.07) is 1.02. The van der Waals surface area contributed by atoms with E-state index in [9.17, 15) is 9.90 Å². The van der Waals surface area contributed by atoms with Gasteiger partial charge in [-0.25, -0.2) is 0 Å². The van der Waals surface area contributed by atoms with Crippen molar-refractivity contribution in [2.24, 2.45) is 11.7 Å². The average molecular weight is 296 g/mol. The zero-order valence-electron chi connectivity index (χ0n) is 13.7. The topological polar surface area (TPSA) is 66.6 Å². The number of nitrogens with two attached hydrogens (primary N) is 1. The molecule has 0 spiro atoms. The van der Waals surface area contributed by atoms with Gasteiger partial charge in [-0.05, 0) is 57.4 Å². The Morgan fingerprint density at radius 2 is 1.86 bits per heavy atom. The summed E-state index contributed by atoms with van der Waals surface area (Å²) in [5.41, 5.74) is 5.16. The normalized spacial score (nSPS) is 31.2. The van der Waals surface area contributed by atoms with Gasteiger partial charge in [-0.3, -0.25) is 9.69 Å². The molecule has 0 saturated heterocycles. The second-order valence-electron chi connectivity index (χ2n) is 7.57. The van der Waals surface area contributed by atoms with Gasteiger partial charge >= 0.3 is 5.97 Å². The largest absolute Gasteiger partial charge is 0.480 e. The van der Waals surface area contributed by atoms with Gasteiger partial charge in [-0.1, -0.05) is 26.7 Å². The summed E-state index contributed by atoms with van der Waals surface area (Å²) in [5, 5.41) is 9.44. The molecule has 0 aliphatic heterocycles. The molecule has 3 N–H and O–H groups in total. The van der Waals surface area contributed by atoms with Gasteiger partial charge < -0.3 is 10.8 Å². The molecule has 4 nitrogen and oxygen atoms in total. The Hall–Kier alpha value is -0.610. The van der Waals surface area contributed by atoms with Crippen LogP contribution < -0.4 is 5.73 Å². The molecule has 2 aliphatic rings. The van der Waals surface area contributed by atoms with Gasteiger partial charge in [0.2, 0.25) is 0 Å². The lowest BCUT2D eigenvalue weighted by molar-refractivity contribution is -0.145. The molecule has 2 saturated carbocycles. The zero-order chi connectivity index (χ0) is 15.5. The van der Waals surface area contributed by atoms with E-state index in [-0.39, 0.29) is 0 Å². The minimum Gasteiger partial charge on any atom is -0.480 e. The molecule has 0 heterocycles. The van der Waals surface area contributed by atoms with Crippen LogP contribution in [0.1, 0.15) is 71.6 Å². The van der Waals surface area contributed by atoms with Gasteiger partial charge in [0.15, 0.2) is 0 Å². The molecule has 4 heteroatoms. The Morgan fingerprint density at radius 3 is 2.43 bits per heavy atom. The van der Waals surface area contributed by atoms with E-state index in [1.54, 1.807) is 0 Å². The number of carboxylic acids is 1. The van der Waals surface area contributed by atoms with E-state index in [4.69, 9.17) is 5.73 Å². The second kappa shape index (κ2) is 7.10. The predicted octanol–water partition coefficient (Wildman–Crippen LogP) is 3.00. The maximum Gasteiger partial charge on any atom is 0.323 e. The fourth-order valence-electron chi connectivity index (χ4n) is 4.06. The lowest BCUT2D eigenvalue weighted by Crippen LogP contribution is -2.57. The molecule has 2 unspecified atom stereocenters. The molecule has 21 heavy (non-hydrogen) atoms. The highest BCUT2D eigenvalue weighted by atomic mass is 16.4. The fraction of sp³-hybridized carbons (Fsp3) is 0.941. The maximum absolute atomic E-state index is 11.5. The van der Waals surface area contributed by atoms with E-state index in [1.165, 1.54) is 32.1 Å². The van der Waals surface area contributed by atoms with Gasteiger partial charge in [-0.2, -0.15) is 0 Å². The highest BCUT2D eigenvalue weighted by Crippen LogP contribution is 2.34. The first-order chi connectivity index (χ1) is 9.92. The number of aliphatic carboxylic acids is 1. The van der Waals surface area contributed by atoms with Crippen LogP contribution in [0.3, 0.4) is 0 Å². The van der Waals surface area contributed by atoms with Crippen molar-refractivity contribution in [1.29, 1.82) is 0 Å². The number of nitrogens with zero attached hydrogens (tertiary/aromatic N) is 1. The molecule has 2 atom stereocenters. The SMILES string of the molecule is CC(C)CCN(C1CCCC1)C1CCCC(N)(C(=O)O)C1. The van der Waals surface area contributed by atoms with Crippen LogP contribution in [0.2, 0.25) is 0 Å². The highest BCUT2D eigenvalue weighted by molar-refractivity contribution is 5.78. The van der Waals surface area contributed by atoms with Crippen molar-refractivity contribution >= 4 is 5.97 Å². The Labute approximate surface area is 129 Å². The Bertz CT molecular complexity index is 353. The lowest BCUT2D eigenvalue weighted by atomic mass is 9.78. The molecule has 0 aromatic rings. The molecular formula is C17H32N2O2. The molecular weight excluding hydrogens is 264 g/mol. The lowest BCUT2D eigenvalue weighted by Gasteiger charge is -2.43. The fourth-order valence-corrected chi connectivity index (χ4v) is 4.06. The van der Waals surface area contributed by atoms with Crippen molar-refractivity contribution in [3.05, 3.63) is 0 Å². The van der Waals surface area contributed by atoms with Crippen LogP contribution >= 0.6 is 0 Å². The molecule has 122 valence electrons. The standard InChI is InChI=1S/C17H32N2O2/c1-13(2)9-11-19(14-6-3-4-7-14)15-8-5-10-17(18,12-15)16(20)21/h13-15H,3-12,18H2,1-2H3,(H,20,21). The van der Waals surface area contributed by atoms with E-state index in [0.29, 0.717) is 30.8 Å². The molecule has 2 rings (SSSR count). The van der Waals surface area contributed by atoms with E-state index < -0.39 is 11.5 Å². The first-order valence-corrected chi connectivity index (χ1v) is 8.70. The van der Waals surface area contributed by atoms with E-state index in [2.05, 4.69) is 18.7 Å². The first-order valence-electron chi connectivity index (χ1n) is 8.70. The van der Waals surface area contributed by atoms with Gasteiger partial charge in [0, 0.05) is 12.1 Å². The van der Waals surface area contributed by atoms with Crippen LogP contribution in [0, 0.1) is 5.92 Å². The van der Waals surface area contributed by atoms with Crippen LogP contribution in [0.4, 0.5) is 0 Å². The summed E-state index contributed by atoms with van der Waals surface area (Å²) in [6.45, 7) is 5.62. The van der Waals surface area contributed by atoms with Crippen LogP contribution in [0.5, 0.6) is 0 Å². The molecule has 0 radical (unpaired) electrons. The van der Waals surface area contributed by atoms with Crippen LogP contribution in [-0.4, -0.2) is 40.1 Å². The number of carbonyl (C=O) groups is 1. The number of hydrogen-bond donors (Lipinski definition) is 2. The Balaban J connectivity index is 2.05. The molecule has 0 amide bonds. The first kappa shape index (κ1) is 16.8. The minimum atomic E-state index is -1.00. The average Bonchev–Trinajstić information content (AvgIpc) is 2.92. The Morgan fingerprint density at radius 1 is 1.24 bits per heavy atom. The molecule has 0 aromatic heterocycles. The quantitative estimate of drug-likeness (QED) is 0.790. The van der Waals surface area contributed by atoms with Gasteiger partial charge in [-0.15, -0.1) is 0 Å². The second-order valence-corrected chi connectivity index (χ2v) is 7.57. The van der Waals surface area contributed by atoms with E-state index in [1.807, 2.05) is 0 Å². The smallest absolute Gasteiger partial charge is 0.323 e. The van der Waals surface area contributed by atoms with Crippen molar-refractivity contribution in [2.75, 3.05) is 6.54 Å². The van der Waals surface area contributed by atoms with Gasteiger partial charge in [0.1, 0.15) is 5.54 Å². The Kier molecular flexibility index (Phi) is 5.67. The maximum atomic E-state index is 11.5. The number of hydrogen-bond acceptors (Lipinski definition) is 3. The van der Waals surface area contributed by atoms with Crippen molar-refractivity contribution in [3.63, 3.8) is 0 Å².